The molecular weight excluding hydrogens is 292 g/mol. The van der Waals surface area contributed by atoms with Crippen molar-refractivity contribution in [3.8, 4) is 17.2 Å². The summed E-state index contributed by atoms with van der Waals surface area (Å²) in [6.07, 6.45) is 3.68. The van der Waals surface area contributed by atoms with E-state index in [1.54, 1.807) is 6.08 Å². The quantitative estimate of drug-likeness (QED) is 0.622. The minimum absolute atomic E-state index is 0.0669. The number of carboxylic acids is 1. The van der Waals surface area contributed by atoms with Crippen molar-refractivity contribution in [2.45, 2.75) is 13.3 Å². The second-order valence-corrected chi connectivity index (χ2v) is 4.31. The molecule has 0 aliphatic rings. The number of benzene rings is 1. The second kappa shape index (κ2) is 6.66. The first-order chi connectivity index (χ1) is 10.5. The molecule has 0 spiro atoms. The van der Waals surface area contributed by atoms with E-state index in [4.69, 9.17) is 19.0 Å². The third kappa shape index (κ3) is 3.38. The molecule has 0 aliphatic carbocycles. The third-order valence-electron chi connectivity index (χ3n) is 2.69. The highest BCUT2D eigenvalue weighted by molar-refractivity contribution is 5.86. The van der Waals surface area contributed by atoms with Gasteiger partial charge in [-0.25, -0.2) is 9.59 Å². The van der Waals surface area contributed by atoms with E-state index in [0.717, 1.165) is 0 Å². The molecule has 0 amide bonds. The summed E-state index contributed by atoms with van der Waals surface area (Å²) in [7, 11) is 0. The molecule has 116 valence electrons. The highest BCUT2D eigenvalue weighted by atomic mass is 16.5. The minimum atomic E-state index is -1.13. The monoisotopic (exact) mass is 306 g/mol. The molecule has 7 heteroatoms. The lowest BCUT2D eigenvalue weighted by molar-refractivity contribution is -0.139. The Morgan fingerprint density at radius 3 is 2.86 bits per heavy atom. The van der Waals surface area contributed by atoms with Crippen LogP contribution in [-0.4, -0.2) is 22.8 Å². The minimum Gasteiger partial charge on any atom is -0.504 e. The van der Waals surface area contributed by atoms with Crippen LogP contribution in [0.5, 0.6) is 17.2 Å². The fourth-order valence-corrected chi connectivity index (χ4v) is 1.70. The van der Waals surface area contributed by atoms with Gasteiger partial charge in [-0.05, 0) is 24.6 Å². The molecule has 2 N–H and O–H groups in total. The average molecular weight is 306 g/mol. The summed E-state index contributed by atoms with van der Waals surface area (Å²) in [5, 5.41) is 18.9. The lowest BCUT2D eigenvalue weighted by Gasteiger charge is -2.07. The normalized spacial score (nSPS) is 11.0. The predicted octanol–water partition coefficient (Wildman–Crippen LogP) is 2.26. The fourth-order valence-electron chi connectivity index (χ4n) is 1.70. The van der Waals surface area contributed by atoms with Gasteiger partial charge in [-0.3, -0.25) is 0 Å². The Morgan fingerprint density at radius 1 is 1.41 bits per heavy atom. The lowest BCUT2D eigenvalue weighted by atomic mass is 10.2. The van der Waals surface area contributed by atoms with Crippen LogP contribution in [0.4, 0.5) is 0 Å². The van der Waals surface area contributed by atoms with Crippen LogP contribution in [0.15, 0.2) is 39.7 Å². The second-order valence-electron chi connectivity index (χ2n) is 4.31. The standard InChI is InChI=1S/C15H14O7/c1-2-3-6-20-14-13(18)10-5-4-9(21-8-12(16)17)7-11(10)22-15(14)19/h3-7,18H,2,8H2,1H3,(H,16,17)/b6-3+. The molecule has 2 rings (SSSR count). The maximum Gasteiger partial charge on any atom is 0.383 e. The van der Waals surface area contributed by atoms with Crippen LogP contribution < -0.4 is 15.1 Å². The SMILES string of the molecule is CC/C=C/Oc1c(O)c2ccc(OCC(=O)O)cc2oc1=O. The number of aromatic hydroxyl groups is 1. The molecule has 0 atom stereocenters. The maximum absolute atomic E-state index is 11.8. The molecular formula is C15H14O7. The van der Waals surface area contributed by atoms with Crippen molar-refractivity contribution in [1.82, 2.24) is 0 Å². The van der Waals surface area contributed by atoms with Crippen LogP contribution >= 0.6 is 0 Å². The third-order valence-corrected chi connectivity index (χ3v) is 2.69. The van der Waals surface area contributed by atoms with Gasteiger partial charge in [0.1, 0.15) is 11.3 Å². The van der Waals surface area contributed by atoms with Crippen LogP contribution in [0.1, 0.15) is 13.3 Å². The van der Waals surface area contributed by atoms with E-state index in [-0.39, 0.29) is 28.2 Å². The molecule has 0 saturated heterocycles. The largest absolute Gasteiger partial charge is 0.504 e. The molecule has 1 heterocycles. The number of ether oxygens (including phenoxy) is 2. The van der Waals surface area contributed by atoms with Crippen molar-refractivity contribution in [3.05, 3.63) is 41.0 Å². The Morgan fingerprint density at radius 2 is 2.18 bits per heavy atom. The van der Waals surface area contributed by atoms with Gasteiger partial charge in [-0.15, -0.1) is 0 Å². The summed E-state index contributed by atoms with van der Waals surface area (Å²) in [6.45, 7) is 1.37. The topological polar surface area (TPSA) is 106 Å². The van der Waals surface area contributed by atoms with Gasteiger partial charge in [0, 0.05) is 6.07 Å². The Bertz CT molecular complexity index is 773. The first kappa shape index (κ1) is 15.4. The lowest BCUT2D eigenvalue weighted by Crippen LogP contribution is -2.09. The summed E-state index contributed by atoms with van der Waals surface area (Å²) >= 11 is 0. The van der Waals surface area contributed by atoms with Crippen LogP contribution in [-0.2, 0) is 4.79 Å². The first-order valence-electron chi connectivity index (χ1n) is 6.49. The van der Waals surface area contributed by atoms with E-state index in [1.165, 1.54) is 24.5 Å². The van der Waals surface area contributed by atoms with Gasteiger partial charge in [-0.1, -0.05) is 6.92 Å². The zero-order valence-corrected chi connectivity index (χ0v) is 11.7. The van der Waals surface area contributed by atoms with Crippen molar-refractivity contribution in [1.29, 1.82) is 0 Å². The summed E-state index contributed by atoms with van der Waals surface area (Å²) < 4.78 is 15.1. The van der Waals surface area contributed by atoms with Crippen molar-refractivity contribution < 1.29 is 28.9 Å². The zero-order valence-electron chi connectivity index (χ0n) is 11.7. The fraction of sp³-hybridized carbons (Fsp3) is 0.200. The highest BCUT2D eigenvalue weighted by Gasteiger charge is 2.15. The number of carboxylic acid groups (broad SMARTS) is 1. The molecule has 7 nitrogen and oxygen atoms in total. The van der Waals surface area contributed by atoms with Crippen molar-refractivity contribution >= 4 is 16.9 Å². The van der Waals surface area contributed by atoms with Crippen molar-refractivity contribution in [2.75, 3.05) is 6.61 Å². The molecule has 2 aromatic rings. The highest BCUT2D eigenvalue weighted by Crippen LogP contribution is 2.33. The van der Waals surface area contributed by atoms with E-state index < -0.39 is 18.2 Å². The number of aliphatic carboxylic acids is 1. The van der Waals surface area contributed by atoms with E-state index in [2.05, 4.69) is 0 Å². The molecule has 0 saturated carbocycles. The van der Waals surface area contributed by atoms with Gasteiger partial charge >= 0.3 is 11.6 Å². The van der Waals surface area contributed by atoms with Crippen LogP contribution in [0.2, 0.25) is 0 Å². The Hall–Kier alpha value is -2.96. The van der Waals surface area contributed by atoms with Crippen molar-refractivity contribution in [3.63, 3.8) is 0 Å². The number of rotatable bonds is 6. The number of allylic oxidation sites excluding steroid dienone is 1. The zero-order chi connectivity index (χ0) is 16.1. The van der Waals surface area contributed by atoms with E-state index >= 15 is 0 Å². The van der Waals surface area contributed by atoms with Gasteiger partial charge < -0.3 is 24.1 Å². The average Bonchev–Trinajstić information content (AvgIpc) is 2.48. The smallest absolute Gasteiger partial charge is 0.383 e. The molecule has 0 radical (unpaired) electrons. The van der Waals surface area contributed by atoms with E-state index in [1.807, 2.05) is 6.92 Å². The number of fused-ring (bicyclic) bond motifs is 1. The van der Waals surface area contributed by atoms with Gasteiger partial charge in [-0.2, -0.15) is 0 Å². The van der Waals surface area contributed by atoms with E-state index in [9.17, 15) is 14.7 Å². The van der Waals surface area contributed by atoms with Gasteiger partial charge in [0.05, 0.1) is 11.6 Å². The molecule has 1 aromatic carbocycles. The molecule has 22 heavy (non-hydrogen) atoms. The number of hydrogen-bond donors (Lipinski definition) is 2. The van der Waals surface area contributed by atoms with Crippen LogP contribution in [0.25, 0.3) is 11.0 Å². The molecule has 0 fully saturated rings. The Kier molecular flexibility index (Phi) is 4.67. The van der Waals surface area contributed by atoms with Gasteiger partial charge in [0.2, 0.25) is 0 Å². The maximum atomic E-state index is 11.8. The van der Waals surface area contributed by atoms with Crippen molar-refractivity contribution in [2.24, 2.45) is 0 Å². The van der Waals surface area contributed by atoms with Crippen LogP contribution in [0, 0.1) is 0 Å². The molecule has 1 aromatic heterocycles. The summed E-state index contributed by atoms with van der Waals surface area (Å²) in [6, 6.07) is 4.23. The Labute approximate surface area is 125 Å². The first-order valence-corrected chi connectivity index (χ1v) is 6.49. The summed E-state index contributed by atoms with van der Waals surface area (Å²) in [5.41, 5.74) is -0.779. The van der Waals surface area contributed by atoms with E-state index in [0.29, 0.717) is 6.42 Å². The number of carbonyl (C=O) groups is 1. The summed E-state index contributed by atoms with van der Waals surface area (Å²) in [5.74, 6) is -1.58. The van der Waals surface area contributed by atoms with Gasteiger partial charge in [0.15, 0.2) is 12.4 Å². The van der Waals surface area contributed by atoms with Gasteiger partial charge in [0.25, 0.3) is 5.75 Å². The molecule has 0 aliphatic heterocycles. The summed E-state index contributed by atoms with van der Waals surface area (Å²) in [4.78, 5) is 22.3. The number of hydrogen-bond acceptors (Lipinski definition) is 6. The molecule has 0 bridgehead atoms. The molecule has 0 unspecified atom stereocenters. The van der Waals surface area contributed by atoms with Crippen LogP contribution in [0.3, 0.4) is 0 Å². The predicted molar refractivity (Wildman–Crippen MR) is 77.3 cm³/mol. The Balaban J connectivity index is 2.40.